The van der Waals surface area contributed by atoms with Gasteiger partial charge in [-0.1, -0.05) is 77.3 Å². The third-order valence-electron chi connectivity index (χ3n) is 3.30. The van der Waals surface area contributed by atoms with Crippen LogP contribution in [0.25, 0.3) is 0 Å². The van der Waals surface area contributed by atoms with Gasteiger partial charge in [0.1, 0.15) is 0 Å². The lowest BCUT2D eigenvalue weighted by Gasteiger charge is -2.23. The second-order valence-corrected chi connectivity index (χ2v) is 7.96. The van der Waals surface area contributed by atoms with Crippen molar-refractivity contribution >= 4 is 71.7 Å². The van der Waals surface area contributed by atoms with Crippen molar-refractivity contribution in [2.24, 2.45) is 0 Å². The topological polar surface area (TPSA) is 23.1 Å². The average molecular weight is 391 g/mol. The predicted octanol–water partition coefficient (Wildman–Crippen LogP) is 6.07. The molecule has 1 aliphatic carbocycles. The summed E-state index contributed by atoms with van der Waals surface area (Å²) in [6, 6.07) is 0. The van der Waals surface area contributed by atoms with E-state index in [0.29, 0.717) is 13.9 Å². The Morgan fingerprint density at radius 1 is 0.800 bits per heavy atom. The van der Waals surface area contributed by atoms with E-state index >= 15 is 0 Å². The Morgan fingerprint density at radius 3 is 1.75 bits per heavy atom. The maximum Gasteiger partial charge on any atom is 0.0809 e. The third kappa shape index (κ3) is 3.58. The first kappa shape index (κ1) is 17.2. The maximum absolute atomic E-state index is 12.4. The Labute approximate surface area is 144 Å². The highest BCUT2D eigenvalue weighted by Crippen LogP contribution is 2.44. The van der Waals surface area contributed by atoms with Crippen LogP contribution in [0.1, 0.15) is 37.7 Å². The molecule has 1 saturated carbocycles. The summed E-state index contributed by atoms with van der Waals surface area (Å²) in [7, 11) is 0.702. The molecule has 0 saturated heterocycles. The van der Waals surface area contributed by atoms with Crippen LogP contribution in [0, 0.1) is 0 Å². The normalized spacial score (nSPS) is 17.6. The minimum absolute atomic E-state index is 0.0740. The molecule has 110 valence electrons. The fourth-order valence-corrected chi connectivity index (χ4v) is 4.98. The molecule has 1 nitrogen and oxygen atoms in total. The van der Waals surface area contributed by atoms with Crippen LogP contribution in [-0.2, 0) is 0 Å². The van der Waals surface area contributed by atoms with E-state index in [2.05, 4.69) is 0 Å². The number of hydrogen-bond acceptors (Lipinski definition) is 1. The number of rotatable bonds is 2. The van der Waals surface area contributed by atoms with Crippen LogP contribution in [0.4, 0.5) is 0 Å². The molecule has 0 atom stereocenters. The van der Waals surface area contributed by atoms with Crippen molar-refractivity contribution in [3.63, 3.8) is 0 Å². The summed E-state index contributed by atoms with van der Waals surface area (Å²) < 4.78 is 0. The smallest absolute Gasteiger partial charge is 0.0809 e. The van der Waals surface area contributed by atoms with Crippen molar-refractivity contribution in [3.8, 4) is 0 Å². The van der Waals surface area contributed by atoms with E-state index in [1.807, 2.05) is 0 Å². The molecule has 0 aliphatic heterocycles. The fraction of sp³-hybridized carbons (Fsp3) is 0.462. The molecule has 0 bridgehead atoms. The van der Waals surface area contributed by atoms with Crippen molar-refractivity contribution in [3.05, 3.63) is 30.7 Å². The standard InChI is InChI=1S/C13H12Cl5OP/c14-8-7(9(15)11(17)12(18)10(8)16)13(19)20-6-4-2-1-3-5-6/h6,19H,1-5H2/p-1. The fourth-order valence-electron chi connectivity index (χ4n) is 2.23. The van der Waals surface area contributed by atoms with Gasteiger partial charge in [-0.05, 0) is 18.5 Å². The van der Waals surface area contributed by atoms with Gasteiger partial charge in [0.2, 0.25) is 0 Å². The molecule has 0 unspecified atom stereocenters. The molecule has 0 radical (unpaired) electrons. The highest BCUT2D eigenvalue weighted by atomic mass is 35.5. The SMILES string of the molecule is [O-]C(=PC1CCCCC1)c1c(Cl)c(Cl)c(Cl)c(Cl)c1Cl. The van der Waals surface area contributed by atoms with Gasteiger partial charge in [-0.2, -0.15) is 0 Å². The van der Waals surface area contributed by atoms with Crippen molar-refractivity contribution in [1.82, 2.24) is 0 Å². The van der Waals surface area contributed by atoms with Crippen molar-refractivity contribution in [2.75, 3.05) is 0 Å². The monoisotopic (exact) mass is 389 g/mol. The Bertz CT molecular complexity index is 523. The number of halogens is 5. The molecule has 1 aromatic carbocycles. The summed E-state index contributed by atoms with van der Waals surface area (Å²) in [6.07, 6.45) is 5.67. The molecule has 1 fully saturated rings. The summed E-state index contributed by atoms with van der Waals surface area (Å²) in [5.41, 5.74) is 0.393. The van der Waals surface area contributed by atoms with E-state index in [4.69, 9.17) is 58.0 Å². The zero-order valence-electron chi connectivity index (χ0n) is 10.4. The molecule has 2 rings (SSSR count). The number of hydrogen-bond donors (Lipinski definition) is 0. The summed E-state index contributed by atoms with van der Waals surface area (Å²) in [5, 5.41) is 12.8. The highest BCUT2D eigenvalue weighted by molar-refractivity contribution is 7.41. The van der Waals surface area contributed by atoms with Gasteiger partial charge in [0.25, 0.3) is 0 Å². The molecule has 20 heavy (non-hydrogen) atoms. The van der Waals surface area contributed by atoms with Gasteiger partial charge in [-0.15, -0.1) is 13.7 Å². The van der Waals surface area contributed by atoms with Gasteiger partial charge in [-0.25, -0.2) is 0 Å². The first-order valence-electron chi connectivity index (χ1n) is 6.20. The minimum Gasteiger partial charge on any atom is -0.823 e. The van der Waals surface area contributed by atoms with Crippen molar-refractivity contribution < 1.29 is 5.11 Å². The second-order valence-electron chi connectivity index (χ2n) is 4.67. The van der Waals surface area contributed by atoms with E-state index < -0.39 is 0 Å². The summed E-state index contributed by atoms with van der Waals surface area (Å²) in [5.74, 6) is 0. The Balaban J connectivity index is 2.43. The Hall–Kier alpha value is 0.800. The van der Waals surface area contributed by atoms with Gasteiger partial charge in [0.15, 0.2) is 0 Å². The van der Waals surface area contributed by atoms with Crippen LogP contribution in [-0.4, -0.2) is 11.1 Å². The highest BCUT2D eigenvalue weighted by Gasteiger charge is 2.19. The molecule has 1 aromatic rings. The van der Waals surface area contributed by atoms with Crippen LogP contribution >= 0.6 is 66.2 Å². The molecular formula is C13H11Cl5OP-. The molecule has 0 spiro atoms. The Kier molecular flexibility index (Phi) is 6.33. The minimum atomic E-state index is -0.146. The Morgan fingerprint density at radius 2 is 1.25 bits per heavy atom. The lowest BCUT2D eigenvalue weighted by atomic mass is 10.0. The van der Waals surface area contributed by atoms with Gasteiger partial charge in [0, 0.05) is 5.56 Å². The lowest BCUT2D eigenvalue weighted by Crippen LogP contribution is -2.20. The maximum atomic E-state index is 12.4. The zero-order valence-corrected chi connectivity index (χ0v) is 15.0. The van der Waals surface area contributed by atoms with Gasteiger partial charge in [-0.3, -0.25) is 0 Å². The van der Waals surface area contributed by atoms with Crippen LogP contribution < -0.4 is 5.11 Å². The molecule has 0 N–H and O–H groups in total. The molecule has 0 heterocycles. The van der Waals surface area contributed by atoms with Gasteiger partial charge < -0.3 is 5.11 Å². The van der Waals surface area contributed by atoms with E-state index in [-0.39, 0.29) is 36.2 Å². The molecule has 0 amide bonds. The summed E-state index contributed by atoms with van der Waals surface area (Å²) in [6.45, 7) is 0. The number of benzene rings is 1. The van der Waals surface area contributed by atoms with Crippen molar-refractivity contribution in [1.29, 1.82) is 0 Å². The van der Waals surface area contributed by atoms with Crippen LogP contribution in [0.2, 0.25) is 25.1 Å². The van der Waals surface area contributed by atoms with E-state index in [1.54, 1.807) is 0 Å². The summed E-state index contributed by atoms with van der Waals surface area (Å²) in [4.78, 5) is 0. The largest absolute Gasteiger partial charge is 0.823 e. The molecule has 0 aromatic heterocycles. The first-order chi connectivity index (χ1) is 9.43. The second kappa shape index (κ2) is 7.38. The van der Waals surface area contributed by atoms with Crippen LogP contribution in [0.3, 0.4) is 0 Å². The summed E-state index contributed by atoms with van der Waals surface area (Å²) >= 11 is 30.1. The first-order valence-corrected chi connectivity index (χ1v) is 9.05. The third-order valence-corrected chi connectivity index (χ3v) is 6.91. The lowest BCUT2D eigenvalue weighted by molar-refractivity contribution is -0.207. The van der Waals surface area contributed by atoms with E-state index in [9.17, 15) is 5.11 Å². The molecular weight excluding hydrogens is 380 g/mol. The van der Waals surface area contributed by atoms with Crippen molar-refractivity contribution in [2.45, 2.75) is 37.8 Å². The van der Waals surface area contributed by atoms with Crippen LogP contribution in [0.5, 0.6) is 0 Å². The quantitative estimate of drug-likeness (QED) is 0.341. The van der Waals surface area contributed by atoms with E-state index in [0.717, 1.165) is 25.7 Å². The molecule has 1 aliphatic rings. The van der Waals surface area contributed by atoms with Gasteiger partial charge in [0.05, 0.1) is 25.1 Å². The van der Waals surface area contributed by atoms with Crippen LogP contribution in [0.15, 0.2) is 0 Å². The van der Waals surface area contributed by atoms with Gasteiger partial charge >= 0.3 is 0 Å². The predicted molar refractivity (Wildman–Crippen MR) is 89.4 cm³/mol. The average Bonchev–Trinajstić information content (AvgIpc) is 2.44. The van der Waals surface area contributed by atoms with E-state index in [1.165, 1.54) is 6.42 Å². The zero-order chi connectivity index (χ0) is 14.9. The molecule has 7 heteroatoms.